The molecule has 1 aromatic carbocycles. The van der Waals surface area contributed by atoms with Crippen molar-refractivity contribution < 1.29 is 14.7 Å². The normalized spacial score (nSPS) is 10.4. The van der Waals surface area contributed by atoms with E-state index in [1.807, 2.05) is 25.1 Å². The summed E-state index contributed by atoms with van der Waals surface area (Å²) in [6.45, 7) is 3.74. The van der Waals surface area contributed by atoms with Crippen LogP contribution in [0.4, 0.5) is 5.00 Å². The molecule has 0 aliphatic heterocycles. The Hall–Kier alpha value is -2.14. The molecule has 1 heterocycles. The van der Waals surface area contributed by atoms with E-state index in [0.29, 0.717) is 23.4 Å². The van der Waals surface area contributed by atoms with Crippen molar-refractivity contribution in [3.8, 4) is 0 Å². The molecule has 0 saturated carbocycles. The first-order valence-corrected chi connectivity index (χ1v) is 7.46. The van der Waals surface area contributed by atoms with Gasteiger partial charge in [0, 0.05) is 6.42 Å². The molecule has 110 valence electrons. The lowest BCUT2D eigenvalue weighted by Gasteiger charge is -2.03. The van der Waals surface area contributed by atoms with Gasteiger partial charge in [0.2, 0.25) is 5.91 Å². The smallest absolute Gasteiger partial charge is 0.346 e. The number of carboxylic acid groups (broad SMARTS) is 1. The summed E-state index contributed by atoms with van der Waals surface area (Å²) in [6, 6.07) is 9.75. The van der Waals surface area contributed by atoms with Gasteiger partial charge >= 0.3 is 5.97 Å². The number of thiophene rings is 1. The molecule has 5 heteroatoms. The number of aromatic carboxylic acids is 1. The zero-order valence-electron chi connectivity index (χ0n) is 12.0. The molecule has 0 saturated heterocycles. The summed E-state index contributed by atoms with van der Waals surface area (Å²) < 4.78 is 0. The van der Waals surface area contributed by atoms with E-state index in [-0.39, 0.29) is 10.8 Å². The molecule has 0 aliphatic carbocycles. The maximum atomic E-state index is 11.9. The highest BCUT2D eigenvalue weighted by Crippen LogP contribution is 2.26. The number of amides is 1. The molecule has 1 amide bonds. The Morgan fingerprint density at radius 3 is 2.62 bits per heavy atom. The van der Waals surface area contributed by atoms with Gasteiger partial charge in [-0.2, -0.15) is 0 Å². The number of nitrogens with one attached hydrogen (secondary N) is 1. The largest absolute Gasteiger partial charge is 0.477 e. The second-order valence-corrected chi connectivity index (χ2v) is 6.02. The van der Waals surface area contributed by atoms with E-state index in [0.717, 1.165) is 16.9 Å². The molecule has 1 aromatic heterocycles. The summed E-state index contributed by atoms with van der Waals surface area (Å²) in [4.78, 5) is 23.1. The lowest BCUT2D eigenvalue weighted by Crippen LogP contribution is -2.11. The Morgan fingerprint density at radius 2 is 2.00 bits per heavy atom. The zero-order valence-corrected chi connectivity index (χ0v) is 12.8. The number of carboxylic acids is 1. The van der Waals surface area contributed by atoms with E-state index in [2.05, 4.69) is 11.4 Å². The summed E-state index contributed by atoms with van der Waals surface area (Å²) in [5.41, 5.74) is 2.97. The van der Waals surface area contributed by atoms with Crippen molar-refractivity contribution in [3.05, 3.63) is 51.9 Å². The summed E-state index contributed by atoms with van der Waals surface area (Å²) in [5, 5.41) is 12.3. The van der Waals surface area contributed by atoms with Crippen LogP contribution in [0, 0.1) is 13.8 Å². The van der Waals surface area contributed by atoms with E-state index in [1.54, 1.807) is 13.0 Å². The molecular formula is C16H17NO3S. The number of benzene rings is 1. The third-order valence-electron chi connectivity index (χ3n) is 3.10. The monoisotopic (exact) mass is 303 g/mol. The van der Waals surface area contributed by atoms with Crippen LogP contribution in [-0.2, 0) is 11.2 Å². The molecule has 2 aromatic rings. The van der Waals surface area contributed by atoms with Gasteiger partial charge in [0.1, 0.15) is 4.88 Å². The van der Waals surface area contributed by atoms with Crippen molar-refractivity contribution in [2.45, 2.75) is 26.7 Å². The minimum atomic E-state index is -0.960. The summed E-state index contributed by atoms with van der Waals surface area (Å²) in [6.07, 6.45) is 1.05. The second-order valence-electron chi connectivity index (χ2n) is 4.97. The average molecular weight is 303 g/mol. The Balaban J connectivity index is 1.93. The summed E-state index contributed by atoms with van der Waals surface area (Å²) in [7, 11) is 0. The lowest BCUT2D eigenvalue weighted by atomic mass is 10.1. The van der Waals surface area contributed by atoms with Gasteiger partial charge in [0.25, 0.3) is 0 Å². The highest BCUT2D eigenvalue weighted by atomic mass is 32.1. The molecule has 0 radical (unpaired) electrons. The fraction of sp³-hybridized carbons (Fsp3) is 0.250. The predicted molar refractivity (Wildman–Crippen MR) is 84.1 cm³/mol. The first kappa shape index (κ1) is 15.3. The maximum absolute atomic E-state index is 11.9. The van der Waals surface area contributed by atoms with Crippen molar-refractivity contribution >= 4 is 28.2 Å². The molecular weight excluding hydrogens is 286 g/mol. The number of carbonyl (C=O) groups excluding carboxylic acids is 1. The molecule has 0 fully saturated rings. The third kappa shape index (κ3) is 4.16. The number of rotatable bonds is 5. The first-order chi connectivity index (χ1) is 9.95. The minimum Gasteiger partial charge on any atom is -0.477 e. The Kier molecular flexibility index (Phi) is 4.75. The number of carbonyl (C=O) groups is 2. The topological polar surface area (TPSA) is 66.4 Å². The van der Waals surface area contributed by atoms with Crippen LogP contribution in [0.1, 0.15) is 32.8 Å². The standard InChI is InChI=1S/C16H17NO3S/c1-10-4-3-5-12(8-10)6-7-13(18)17-14-9-11(2)15(21-14)16(19)20/h3-5,8-9H,6-7H2,1-2H3,(H,17,18)(H,19,20). The van der Waals surface area contributed by atoms with Gasteiger partial charge in [-0.1, -0.05) is 29.8 Å². The van der Waals surface area contributed by atoms with Crippen molar-refractivity contribution in [2.24, 2.45) is 0 Å². The number of hydrogen-bond donors (Lipinski definition) is 2. The molecule has 0 aliphatic rings. The molecule has 0 bridgehead atoms. The fourth-order valence-corrected chi connectivity index (χ4v) is 3.01. The van der Waals surface area contributed by atoms with Gasteiger partial charge < -0.3 is 10.4 Å². The quantitative estimate of drug-likeness (QED) is 0.886. The first-order valence-electron chi connectivity index (χ1n) is 6.65. The molecule has 2 rings (SSSR count). The van der Waals surface area contributed by atoms with Gasteiger partial charge in [0.15, 0.2) is 0 Å². The van der Waals surface area contributed by atoms with Crippen LogP contribution in [0.3, 0.4) is 0 Å². The van der Waals surface area contributed by atoms with Crippen molar-refractivity contribution in [3.63, 3.8) is 0 Å². The predicted octanol–water partition coefficient (Wildman–Crippen LogP) is 3.63. The molecule has 0 spiro atoms. The Labute approximate surface area is 127 Å². The van der Waals surface area contributed by atoms with E-state index < -0.39 is 5.97 Å². The van der Waals surface area contributed by atoms with Gasteiger partial charge in [-0.05, 0) is 37.5 Å². The number of hydrogen-bond acceptors (Lipinski definition) is 3. The highest BCUT2D eigenvalue weighted by molar-refractivity contribution is 7.18. The molecule has 4 nitrogen and oxygen atoms in total. The van der Waals surface area contributed by atoms with E-state index in [4.69, 9.17) is 5.11 Å². The highest BCUT2D eigenvalue weighted by Gasteiger charge is 2.13. The SMILES string of the molecule is Cc1cccc(CCC(=O)Nc2cc(C)c(C(=O)O)s2)c1. The Bertz CT molecular complexity index is 676. The summed E-state index contributed by atoms with van der Waals surface area (Å²) in [5.74, 6) is -1.06. The van der Waals surface area contributed by atoms with E-state index in [1.165, 1.54) is 5.56 Å². The Morgan fingerprint density at radius 1 is 1.24 bits per heavy atom. The molecule has 0 atom stereocenters. The van der Waals surface area contributed by atoms with Crippen LogP contribution < -0.4 is 5.32 Å². The summed E-state index contributed by atoms with van der Waals surface area (Å²) >= 11 is 1.09. The maximum Gasteiger partial charge on any atom is 0.346 e. The van der Waals surface area contributed by atoms with Crippen LogP contribution >= 0.6 is 11.3 Å². The van der Waals surface area contributed by atoms with Gasteiger partial charge in [-0.3, -0.25) is 4.79 Å². The van der Waals surface area contributed by atoms with Crippen molar-refractivity contribution in [2.75, 3.05) is 5.32 Å². The minimum absolute atomic E-state index is 0.102. The van der Waals surface area contributed by atoms with Gasteiger partial charge in [-0.15, -0.1) is 11.3 Å². The second kappa shape index (κ2) is 6.54. The van der Waals surface area contributed by atoms with Crippen LogP contribution in [-0.4, -0.2) is 17.0 Å². The third-order valence-corrected chi connectivity index (χ3v) is 4.24. The molecule has 2 N–H and O–H groups in total. The van der Waals surface area contributed by atoms with Crippen LogP contribution in [0.5, 0.6) is 0 Å². The zero-order chi connectivity index (χ0) is 15.4. The van der Waals surface area contributed by atoms with Crippen LogP contribution in [0.2, 0.25) is 0 Å². The molecule has 0 unspecified atom stereocenters. The average Bonchev–Trinajstić information content (AvgIpc) is 2.77. The molecule has 21 heavy (non-hydrogen) atoms. The van der Waals surface area contributed by atoms with E-state index in [9.17, 15) is 9.59 Å². The number of aryl methyl sites for hydroxylation is 3. The fourth-order valence-electron chi connectivity index (χ4n) is 2.08. The van der Waals surface area contributed by atoms with E-state index >= 15 is 0 Å². The van der Waals surface area contributed by atoms with Crippen molar-refractivity contribution in [1.29, 1.82) is 0 Å². The van der Waals surface area contributed by atoms with Crippen LogP contribution in [0.15, 0.2) is 30.3 Å². The van der Waals surface area contributed by atoms with Crippen molar-refractivity contribution in [1.82, 2.24) is 0 Å². The number of anilines is 1. The van der Waals surface area contributed by atoms with Crippen LogP contribution in [0.25, 0.3) is 0 Å². The lowest BCUT2D eigenvalue weighted by molar-refractivity contribution is -0.116. The van der Waals surface area contributed by atoms with Gasteiger partial charge in [-0.25, -0.2) is 4.79 Å². The van der Waals surface area contributed by atoms with Gasteiger partial charge in [0.05, 0.1) is 5.00 Å².